The Morgan fingerprint density at radius 2 is 1.92 bits per heavy atom. The van der Waals surface area contributed by atoms with E-state index in [2.05, 4.69) is 28.0 Å². The van der Waals surface area contributed by atoms with Gasteiger partial charge in [-0.15, -0.1) is 0 Å². The van der Waals surface area contributed by atoms with Crippen molar-refractivity contribution in [1.82, 2.24) is 24.4 Å². The first-order chi connectivity index (χ1) is 12.6. The van der Waals surface area contributed by atoms with Gasteiger partial charge in [0.05, 0.1) is 6.20 Å². The number of fused-ring (bicyclic) bond motifs is 1. The molecule has 1 aliphatic rings. The summed E-state index contributed by atoms with van der Waals surface area (Å²) >= 11 is 6.33. The van der Waals surface area contributed by atoms with Gasteiger partial charge in [-0.2, -0.15) is 5.10 Å². The lowest BCUT2D eigenvalue weighted by atomic mass is 10.1. The summed E-state index contributed by atoms with van der Waals surface area (Å²) in [7, 11) is 0. The predicted molar refractivity (Wildman–Crippen MR) is 100 cm³/mol. The van der Waals surface area contributed by atoms with Crippen molar-refractivity contribution in [3.8, 4) is 0 Å². The number of piperazine rings is 1. The minimum absolute atomic E-state index is 0.0104. The van der Waals surface area contributed by atoms with Gasteiger partial charge >= 0.3 is 0 Å². The first kappa shape index (κ1) is 17.0. The fourth-order valence-corrected chi connectivity index (χ4v) is 3.76. The molecule has 3 heterocycles. The normalized spacial score (nSPS) is 16.8. The molecule has 1 atom stereocenters. The van der Waals surface area contributed by atoms with E-state index in [9.17, 15) is 4.79 Å². The Morgan fingerprint density at radius 1 is 1.15 bits per heavy atom. The van der Waals surface area contributed by atoms with E-state index in [-0.39, 0.29) is 11.9 Å². The summed E-state index contributed by atoms with van der Waals surface area (Å²) in [5.41, 5.74) is 2.28. The van der Waals surface area contributed by atoms with Crippen LogP contribution in [0.1, 0.15) is 28.9 Å². The second-order valence-electron chi connectivity index (χ2n) is 6.47. The monoisotopic (exact) mass is 369 g/mol. The number of carbonyl (C=O) groups is 1. The summed E-state index contributed by atoms with van der Waals surface area (Å²) in [4.78, 5) is 21.4. The van der Waals surface area contributed by atoms with Crippen molar-refractivity contribution in [2.45, 2.75) is 13.0 Å². The van der Waals surface area contributed by atoms with Gasteiger partial charge in [0.1, 0.15) is 5.56 Å². The van der Waals surface area contributed by atoms with Crippen molar-refractivity contribution in [2.75, 3.05) is 26.2 Å². The van der Waals surface area contributed by atoms with E-state index in [1.54, 1.807) is 29.2 Å². The molecule has 0 N–H and O–H groups in total. The lowest BCUT2D eigenvalue weighted by Gasteiger charge is -2.38. The summed E-state index contributed by atoms with van der Waals surface area (Å²) in [6.45, 7) is 5.14. The summed E-state index contributed by atoms with van der Waals surface area (Å²) in [6.07, 6.45) is 5.07. The smallest absolute Gasteiger partial charge is 0.259 e. The van der Waals surface area contributed by atoms with E-state index in [4.69, 9.17) is 11.6 Å². The van der Waals surface area contributed by atoms with Gasteiger partial charge in [0.15, 0.2) is 5.65 Å². The minimum Gasteiger partial charge on any atom is -0.336 e. The lowest BCUT2D eigenvalue weighted by molar-refractivity contribution is 0.0583. The second kappa shape index (κ2) is 7.05. The molecule has 0 radical (unpaired) electrons. The van der Waals surface area contributed by atoms with Gasteiger partial charge in [0, 0.05) is 49.6 Å². The van der Waals surface area contributed by atoms with Crippen LogP contribution in [-0.2, 0) is 0 Å². The SMILES string of the molecule is C[C@@H](c1ccccc1Cl)N1CCN(C(=O)c2cnn3cccnc23)CC1. The molecule has 0 saturated carbocycles. The molecule has 26 heavy (non-hydrogen) atoms. The third kappa shape index (κ3) is 3.06. The zero-order chi connectivity index (χ0) is 18.1. The standard InChI is InChI=1S/C19H20ClN5O/c1-14(15-5-2-3-6-17(15)20)23-9-11-24(12-10-23)19(26)16-13-22-25-8-4-7-21-18(16)25/h2-8,13-14H,9-12H2,1H3/t14-/m0/s1. The molecule has 1 saturated heterocycles. The maximum absolute atomic E-state index is 12.9. The van der Waals surface area contributed by atoms with Crippen LogP contribution in [0.3, 0.4) is 0 Å². The molecule has 1 fully saturated rings. The van der Waals surface area contributed by atoms with Crippen LogP contribution in [-0.4, -0.2) is 56.5 Å². The Hall–Kier alpha value is -2.44. The molecule has 3 aromatic rings. The number of rotatable bonds is 3. The quantitative estimate of drug-likeness (QED) is 0.712. The van der Waals surface area contributed by atoms with Crippen LogP contribution in [0.4, 0.5) is 0 Å². The summed E-state index contributed by atoms with van der Waals surface area (Å²) in [5.74, 6) is -0.0104. The highest BCUT2D eigenvalue weighted by Gasteiger charge is 2.27. The van der Waals surface area contributed by atoms with Crippen LogP contribution >= 0.6 is 11.6 Å². The van der Waals surface area contributed by atoms with Crippen LogP contribution in [0.5, 0.6) is 0 Å². The third-order valence-corrected chi connectivity index (χ3v) is 5.36. The maximum atomic E-state index is 12.9. The summed E-state index contributed by atoms with van der Waals surface area (Å²) in [5, 5.41) is 5.00. The maximum Gasteiger partial charge on any atom is 0.259 e. The number of hydrogen-bond acceptors (Lipinski definition) is 4. The minimum atomic E-state index is -0.0104. The summed E-state index contributed by atoms with van der Waals surface area (Å²) < 4.78 is 1.63. The molecule has 7 heteroatoms. The van der Waals surface area contributed by atoms with E-state index < -0.39 is 0 Å². The molecular weight excluding hydrogens is 350 g/mol. The van der Waals surface area contributed by atoms with E-state index in [1.165, 1.54) is 0 Å². The Balaban J connectivity index is 1.45. The highest BCUT2D eigenvalue weighted by molar-refractivity contribution is 6.31. The fourth-order valence-electron chi connectivity index (χ4n) is 3.47. The van der Waals surface area contributed by atoms with E-state index in [1.807, 2.05) is 23.1 Å². The molecule has 6 nitrogen and oxygen atoms in total. The third-order valence-electron chi connectivity index (χ3n) is 5.01. The number of carbonyl (C=O) groups excluding carboxylic acids is 1. The molecule has 134 valence electrons. The number of nitrogens with zero attached hydrogens (tertiary/aromatic N) is 5. The molecule has 1 amide bonds. The van der Waals surface area contributed by atoms with Crippen molar-refractivity contribution in [3.05, 3.63) is 65.1 Å². The van der Waals surface area contributed by atoms with Gasteiger partial charge < -0.3 is 4.90 Å². The number of aromatic nitrogens is 3. The number of benzene rings is 1. The molecule has 4 rings (SSSR count). The summed E-state index contributed by atoms with van der Waals surface area (Å²) in [6, 6.07) is 9.96. The van der Waals surface area contributed by atoms with Gasteiger partial charge in [-0.05, 0) is 24.6 Å². The number of hydrogen-bond donors (Lipinski definition) is 0. The second-order valence-corrected chi connectivity index (χ2v) is 6.88. The molecule has 0 aliphatic carbocycles. The van der Waals surface area contributed by atoms with Crippen molar-refractivity contribution < 1.29 is 4.79 Å². The molecule has 0 bridgehead atoms. The Labute approximate surface area is 157 Å². The van der Waals surface area contributed by atoms with Crippen LogP contribution in [0.2, 0.25) is 5.02 Å². The first-order valence-electron chi connectivity index (χ1n) is 8.71. The van der Waals surface area contributed by atoms with Gasteiger partial charge in [0.2, 0.25) is 0 Å². The molecule has 1 aromatic carbocycles. The van der Waals surface area contributed by atoms with Crippen molar-refractivity contribution in [2.24, 2.45) is 0 Å². The predicted octanol–water partition coefficient (Wildman–Crippen LogP) is 2.90. The van der Waals surface area contributed by atoms with Crippen LogP contribution in [0.25, 0.3) is 5.65 Å². The molecule has 1 aliphatic heterocycles. The van der Waals surface area contributed by atoms with Gasteiger partial charge in [-0.25, -0.2) is 9.50 Å². The highest BCUT2D eigenvalue weighted by Crippen LogP contribution is 2.28. The number of halogens is 1. The van der Waals surface area contributed by atoms with Crippen molar-refractivity contribution in [3.63, 3.8) is 0 Å². The van der Waals surface area contributed by atoms with E-state index in [0.717, 1.165) is 23.7 Å². The van der Waals surface area contributed by atoms with Gasteiger partial charge in [0.25, 0.3) is 5.91 Å². The van der Waals surface area contributed by atoms with Crippen LogP contribution < -0.4 is 0 Å². The van der Waals surface area contributed by atoms with Gasteiger partial charge in [-0.3, -0.25) is 9.69 Å². The fraction of sp³-hybridized carbons (Fsp3) is 0.316. The molecular formula is C19H20ClN5O. The van der Waals surface area contributed by atoms with Crippen molar-refractivity contribution >= 4 is 23.2 Å². The van der Waals surface area contributed by atoms with Crippen molar-refractivity contribution in [1.29, 1.82) is 0 Å². The molecule has 0 spiro atoms. The Bertz CT molecular complexity index is 932. The van der Waals surface area contributed by atoms with Crippen LogP contribution in [0, 0.1) is 0 Å². The lowest BCUT2D eigenvalue weighted by Crippen LogP contribution is -2.49. The van der Waals surface area contributed by atoms with E-state index >= 15 is 0 Å². The molecule has 2 aromatic heterocycles. The number of amides is 1. The Morgan fingerprint density at radius 3 is 2.69 bits per heavy atom. The van der Waals surface area contributed by atoms with E-state index in [0.29, 0.717) is 24.3 Å². The highest BCUT2D eigenvalue weighted by atomic mass is 35.5. The zero-order valence-corrected chi connectivity index (χ0v) is 15.3. The zero-order valence-electron chi connectivity index (χ0n) is 14.5. The average molecular weight is 370 g/mol. The molecule has 0 unspecified atom stereocenters. The van der Waals surface area contributed by atoms with Crippen LogP contribution in [0.15, 0.2) is 48.9 Å². The van der Waals surface area contributed by atoms with Gasteiger partial charge in [-0.1, -0.05) is 29.8 Å². The largest absolute Gasteiger partial charge is 0.336 e. The first-order valence-corrected chi connectivity index (χ1v) is 9.09. The topological polar surface area (TPSA) is 53.7 Å². The average Bonchev–Trinajstić information content (AvgIpc) is 3.11. The Kier molecular flexibility index (Phi) is 4.61.